The molecule has 0 radical (unpaired) electrons. The number of methoxy groups -OCH3 is 2. The highest BCUT2D eigenvalue weighted by atomic mass is 16.5. The first-order chi connectivity index (χ1) is 15.2. The van der Waals surface area contributed by atoms with Crippen molar-refractivity contribution in [3.05, 3.63) is 59.2 Å². The summed E-state index contributed by atoms with van der Waals surface area (Å²) in [5.41, 5.74) is 1.60. The van der Waals surface area contributed by atoms with Gasteiger partial charge in [0, 0.05) is 6.92 Å². The van der Waals surface area contributed by atoms with Gasteiger partial charge in [-0.25, -0.2) is 14.4 Å². The largest absolute Gasteiger partial charge is 0.478 e. The van der Waals surface area contributed by atoms with E-state index >= 15 is 0 Å². The number of hydrogen-bond acceptors (Lipinski definition) is 9. The predicted octanol–water partition coefficient (Wildman–Crippen LogP) is 1.95. The van der Waals surface area contributed by atoms with E-state index in [0.29, 0.717) is 0 Å². The molecule has 0 saturated carbocycles. The Morgan fingerprint density at radius 2 is 1.53 bits per heavy atom. The molecule has 11 heteroatoms. The number of Topliss-reactive ketones (excluding diaryl/α,β-unsaturated/α-hetero) is 1. The lowest BCUT2D eigenvalue weighted by molar-refractivity contribution is -0.114. The Morgan fingerprint density at radius 3 is 2.12 bits per heavy atom. The maximum atomic E-state index is 12.6. The minimum Gasteiger partial charge on any atom is -0.478 e. The normalized spacial score (nSPS) is 10.7. The minimum absolute atomic E-state index is 0.0246. The smallest absolute Gasteiger partial charge is 0.340 e. The highest BCUT2D eigenvalue weighted by molar-refractivity contribution is 6.67. The van der Waals surface area contributed by atoms with Crippen LogP contribution in [0.3, 0.4) is 0 Å². The van der Waals surface area contributed by atoms with Crippen molar-refractivity contribution in [1.29, 1.82) is 0 Å². The SMILES string of the molecule is COC(=O)c1ccc(C(=O)OC)c(N/N=C(/C(C)=O)C(=O)Nc2ccccc2C(=O)O)c1. The van der Waals surface area contributed by atoms with Crippen LogP contribution in [0.1, 0.15) is 38.0 Å². The molecule has 166 valence electrons. The quantitative estimate of drug-likeness (QED) is 0.241. The number of anilines is 2. The van der Waals surface area contributed by atoms with E-state index in [2.05, 4.69) is 25.3 Å². The molecule has 0 aliphatic heterocycles. The summed E-state index contributed by atoms with van der Waals surface area (Å²) in [6.45, 7) is 1.08. The summed E-state index contributed by atoms with van der Waals surface area (Å²) >= 11 is 0. The molecule has 32 heavy (non-hydrogen) atoms. The lowest BCUT2D eigenvalue weighted by Crippen LogP contribution is -2.30. The molecule has 0 bridgehead atoms. The molecular weight excluding hydrogens is 422 g/mol. The molecule has 0 atom stereocenters. The van der Waals surface area contributed by atoms with Crippen LogP contribution in [-0.4, -0.2) is 54.6 Å². The van der Waals surface area contributed by atoms with Crippen LogP contribution in [-0.2, 0) is 19.1 Å². The number of esters is 2. The molecule has 2 aromatic rings. The molecular formula is C21H19N3O8. The molecule has 0 saturated heterocycles. The van der Waals surface area contributed by atoms with E-state index in [1.54, 1.807) is 0 Å². The zero-order valence-electron chi connectivity index (χ0n) is 17.3. The Kier molecular flexibility index (Phi) is 7.77. The van der Waals surface area contributed by atoms with E-state index in [-0.39, 0.29) is 28.1 Å². The first-order valence-corrected chi connectivity index (χ1v) is 8.98. The topological polar surface area (TPSA) is 160 Å². The van der Waals surface area contributed by atoms with E-state index < -0.39 is 35.3 Å². The van der Waals surface area contributed by atoms with Crippen molar-refractivity contribution in [2.75, 3.05) is 25.0 Å². The summed E-state index contributed by atoms with van der Waals surface area (Å²) in [5.74, 6) is -4.46. The third-order valence-electron chi connectivity index (χ3n) is 4.09. The lowest BCUT2D eigenvalue weighted by atomic mass is 10.1. The van der Waals surface area contributed by atoms with Crippen molar-refractivity contribution in [3.8, 4) is 0 Å². The van der Waals surface area contributed by atoms with Gasteiger partial charge in [0.1, 0.15) is 0 Å². The molecule has 2 aromatic carbocycles. The van der Waals surface area contributed by atoms with Gasteiger partial charge in [0.25, 0.3) is 5.91 Å². The van der Waals surface area contributed by atoms with E-state index in [4.69, 9.17) is 0 Å². The second-order valence-electron chi connectivity index (χ2n) is 6.18. The Balaban J connectivity index is 2.41. The van der Waals surface area contributed by atoms with Crippen LogP contribution in [0.4, 0.5) is 11.4 Å². The average Bonchev–Trinajstić information content (AvgIpc) is 2.77. The summed E-state index contributed by atoms with van der Waals surface area (Å²) in [6.07, 6.45) is 0. The van der Waals surface area contributed by atoms with Gasteiger partial charge in [-0.05, 0) is 30.3 Å². The van der Waals surface area contributed by atoms with Gasteiger partial charge in [-0.3, -0.25) is 15.0 Å². The minimum atomic E-state index is -1.28. The van der Waals surface area contributed by atoms with Crippen LogP contribution in [0.2, 0.25) is 0 Å². The molecule has 0 aliphatic carbocycles. The van der Waals surface area contributed by atoms with Crippen molar-refractivity contribution in [2.24, 2.45) is 5.10 Å². The number of amides is 1. The van der Waals surface area contributed by atoms with Gasteiger partial charge in [0.2, 0.25) is 0 Å². The van der Waals surface area contributed by atoms with Crippen LogP contribution in [0.15, 0.2) is 47.6 Å². The van der Waals surface area contributed by atoms with E-state index in [1.807, 2.05) is 0 Å². The number of rotatable bonds is 8. The summed E-state index contributed by atoms with van der Waals surface area (Å²) in [7, 11) is 2.33. The molecule has 11 nitrogen and oxygen atoms in total. The summed E-state index contributed by atoms with van der Waals surface area (Å²) in [6, 6.07) is 9.45. The van der Waals surface area contributed by atoms with Crippen molar-refractivity contribution >= 4 is 46.7 Å². The molecule has 0 fully saturated rings. The Bertz CT molecular complexity index is 1120. The van der Waals surface area contributed by atoms with Crippen LogP contribution in [0.5, 0.6) is 0 Å². The summed E-state index contributed by atoms with van der Waals surface area (Å²) in [5, 5.41) is 15.3. The number of carboxylic acid groups (broad SMARTS) is 1. The lowest BCUT2D eigenvalue weighted by Gasteiger charge is -2.11. The number of carbonyl (C=O) groups excluding carboxylic acids is 4. The van der Waals surface area contributed by atoms with Crippen molar-refractivity contribution < 1.29 is 38.6 Å². The second kappa shape index (κ2) is 10.5. The van der Waals surface area contributed by atoms with Crippen molar-refractivity contribution in [2.45, 2.75) is 6.92 Å². The van der Waals surface area contributed by atoms with Gasteiger partial charge in [-0.15, -0.1) is 0 Å². The van der Waals surface area contributed by atoms with E-state index in [0.717, 1.165) is 14.0 Å². The van der Waals surface area contributed by atoms with Crippen LogP contribution >= 0.6 is 0 Å². The predicted molar refractivity (Wildman–Crippen MR) is 113 cm³/mol. The van der Waals surface area contributed by atoms with Gasteiger partial charge in [0.15, 0.2) is 11.5 Å². The summed E-state index contributed by atoms with van der Waals surface area (Å²) in [4.78, 5) is 59.7. The number of benzene rings is 2. The number of para-hydroxylation sites is 1. The first kappa shape index (κ1) is 23.7. The third-order valence-corrected chi connectivity index (χ3v) is 4.09. The number of ether oxygens (including phenoxy) is 2. The molecule has 3 N–H and O–H groups in total. The monoisotopic (exact) mass is 441 g/mol. The molecule has 0 spiro atoms. The molecule has 0 unspecified atom stereocenters. The fraction of sp³-hybridized carbons (Fsp3) is 0.143. The number of carbonyl (C=O) groups is 5. The Hall–Kier alpha value is -4.54. The van der Waals surface area contributed by atoms with Crippen LogP contribution in [0.25, 0.3) is 0 Å². The number of hydrogen-bond donors (Lipinski definition) is 3. The fourth-order valence-electron chi connectivity index (χ4n) is 2.54. The maximum Gasteiger partial charge on any atom is 0.340 e. The van der Waals surface area contributed by atoms with Gasteiger partial charge >= 0.3 is 17.9 Å². The molecule has 1 amide bonds. The third kappa shape index (κ3) is 5.53. The number of carboxylic acids is 1. The number of hydrazone groups is 1. The van der Waals surface area contributed by atoms with E-state index in [1.165, 1.54) is 49.6 Å². The average molecular weight is 441 g/mol. The molecule has 0 aromatic heterocycles. The number of nitrogens with one attached hydrogen (secondary N) is 2. The first-order valence-electron chi connectivity index (χ1n) is 8.98. The fourth-order valence-corrected chi connectivity index (χ4v) is 2.54. The Labute approximate surface area is 182 Å². The van der Waals surface area contributed by atoms with Gasteiger partial charge in [-0.2, -0.15) is 5.10 Å². The van der Waals surface area contributed by atoms with Crippen molar-refractivity contribution in [3.63, 3.8) is 0 Å². The number of ketones is 1. The summed E-state index contributed by atoms with van der Waals surface area (Å²) < 4.78 is 9.31. The number of aromatic carboxylic acids is 1. The van der Waals surface area contributed by atoms with Gasteiger partial charge in [0.05, 0.1) is 42.3 Å². The highest BCUT2D eigenvalue weighted by Crippen LogP contribution is 2.20. The molecule has 0 aliphatic rings. The highest BCUT2D eigenvalue weighted by Gasteiger charge is 2.21. The van der Waals surface area contributed by atoms with Gasteiger partial charge in [-0.1, -0.05) is 12.1 Å². The molecule has 0 heterocycles. The van der Waals surface area contributed by atoms with E-state index in [9.17, 15) is 29.1 Å². The standard InChI is InChI=1S/C21H19N3O8/c1-11(25)17(18(26)22-15-7-5-4-6-13(15)19(27)28)24-23-16-10-12(20(29)31-2)8-9-14(16)21(30)32-3/h4-10,23H,1-3H3,(H,22,26)(H,27,28)/b24-17-. The maximum absolute atomic E-state index is 12.6. The second-order valence-corrected chi connectivity index (χ2v) is 6.18. The molecule has 2 rings (SSSR count). The Morgan fingerprint density at radius 1 is 0.875 bits per heavy atom. The van der Waals surface area contributed by atoms with Gasteiger partial charge < -0.3 is 19.9 Å². The van der Waals surface area contributed by atoms with Crippen LogP contribution in [0, 0.1) is 0 Å². The van der Waals surface area contributed by atoms with Crippen molar-refractivity contribution in [1.82, 2.24) is 0 Å². The zero-order valence-corrected chi connectivity index (χ0v) is 17.3. The number of nitrogens with zero attached hydrogens (tertiary/aromatic N) is 1. The van der Waals surface area contributed by atoms with Crippen LogP contribution < -0.4 is 10.7 Å². The zero-order chi connectivity index (χ0) is 23.8.